The van der Waals surface area contributed by atoms with Crippen LogP contribution < -0.4 is 4.74 Å². The standard InChI is InChI=1S/C11H12Br2O3/c1-3-16-11(14)8-5-10(15-2)9(13)4-7(8)6-12/h4-5H,3,6H2,1-2H3. The van der Waals surface area contributed by atoms with Crippen LogP contribution in [0.25, 0.3) is 0 Å². The van der Waals surface area contributed by atoms with E-state index < -0.39 is 0 Å². The van der Waals surface area contributed by atoms with Crippen LogP contribution in [0.1, 0.15) is 22.8 Å². The van der Waals surface area contributed by atoms with Gasteiger partial charge in [-0.1, -0.05) is 15.9 Å². The molecule has 0 bridgehead atoms. The third kappa shape index (κ3) is 2.98. The molecule has 1 aromatic carbocycles. The summed E-state index contributed by atoms with van der Waals surface area (Å²) in [7, 11) is 1.56. The minimum absolute atomic E-state index is 0.331. The number of hydrogen-bond acceptors (Lipinski definition) is 3. The van der Waals surface area contributed by atoms with Gasteiger partial charge in [-0.25, -0.2) is 4.79 Å². The van der Waals surface area contributed by atoms with E-state index in [4.69, 9.17) is 9.47 Å². The van der Waals surface area contributed by atoms with Crippen molar-refractivity contribution in [3.63, 3.8) is 0 Å². The van der Waals surface area contributed by atoms with E-state index in [1.165, 1.54) is 0 Å². The largest absolute Gasteiger partial charge is 0.496 e. The Kier molecular flexibility index (Phi) is 5.28. The van der Waals surface area contributed by atoms with Gasteiger partial charge in [-0.2, -0.15) is 0 Å². The maximum Gasteiger partial charge on any atom is 0.338 e. The minimum Gasteiger partial charge on any atom is -0.496 e. The van der Waals surface area contributed by atoms with Crippen LogP contribution in [-0.4, -0.2) is 19.7 Å². The van der Waals surface area contributed by atoms with Gasteiger partial charge in [0.2, 0.25) is 0 Å². The highest BCUT2D eigenvalue weighted by atomic mass is 79.9. The summed E-state index contributed by atoms with van der Waals surface area (Å²) in [6, 6.07) is 3.53. The number of carbonyl (C=O) groups excluding carboxylic acids is 1. The minimum atomic E-state index is -0.331. The van der Waals surface area contributed by atoms with Crippen molar-refractivity contribution in [2.24, 2.45) is 0 Å². The normalized spacial score (nSPS) is 10.0. The molecule has 0 amide bonds. The number of hydrogen-bond donors (Lipinski definition) is 0. The van der Waals surface area contributed by atoms with E-state index in [0.717, 1.165) is 10.0 Å². The lowest BCUT2D eigenvalue weighted by Gasteiger charge is -2.10. The molecule has 0 saturated carbocycles. The number of methoxy groups -OCH3 is 1. The molecule has 3 nitrogen and oxygen atoms in total. The van der Waals surface area contributed by atoms with Crippen molar-refractivity contribution >= 4 is 37.8 Å². The third-order valence-electron chi connectivity index (χ3n) is 2.02. The topological polar surface area (TPSA) is 35.5 Å². The van der Waals surface area contributed by atoms with Gasteiger partial charge in [0, 0.05) is 5.33 Å². The lowest BCUT2D eigenvalue weighted by atomic mass is 10.1. The van der Waals surface area contributed by atoms with E-state index in [9.17, 15) is 4.79 Å². The molecule has 0 N–H and O–H groups in total. The highest BCUT2D eigenvalue weighted by Gasteiger charge is 2.15. The third-order valence-corrected chi connectivity index (χ3v) is 3.24. The van der Waals surface area contributed by atoms with Crippen molar-refractivity contribution in [2.45, 2.75) is 12.3 Å². The van der Waals surface area contributed by atoms with Crippen LogP contribution >= 0.6 is 31.9 Å². The number of esters is 1. The van der Waals surface area contributed by atoms with Crippen molar-refractivity contribution in [1.29, 1.82) is 0 Å². The fourth-order valence-electron chi connectivity index (χ4n) is 1.26. The summed E-state index contributed by atoms with van der Waals surface area (Å²) in [6.07, 6.45) is 0. The molecular weight excluding hydrogens is 340 g/mol. The summed E-state index contributed by atoms with van der Waals surface area (Å²) in [5.41, 5.74) is 1.39. The lowest BCUT2D eigenvalue weighted by Crippen LogP contribution is -2.08. The number of alkyl halides is 1. The van der Waals surface area contributed by atoms with Crippen molar-refractivity contribution in [3.05, 3.63) is 27.7 Å². The predicted octanol–water partition coefficient (Wildman–Crippen LogP) is 3.53. The second-order valence-corrected chi connectivity index (χ2v) is 4.41. The second-order valence-electron chi connectivity index (χ2n) is 3.00. The molecule has 0 unspecified atom stereocenters. The van der Waals surface area contributed by atoms with Crippen molar-refractivity contribution in [2.75, 3.05) is 13.7 Å². The fourth-order valence-corrected chi connectivity index (χ4v) is 2.28. The summed E-state index contributed by atoms with van der Waals surface area (Å²) in [4.78, 5) is 11.7. The summed E-state index contributed by atoms with van der Waals surface area (Å²) in [5, 5.41) is 0.587. The SMILES string of the molecule is CCOC(=O)c1cc(OC)c(Br)cc1CBr. The van der Waals surface area contributed by atoms with Crippen LogP contribution in [0.15, 0.2) is 16.6 Å². The van der Waals surface area contributed by atoms with E-state index in [1.807, 2.05) is 6.07 Å². The van der Waals surface area contributed by atoms with E-state index in [2.05, 4.69) is 31.9 Å². The number of carbonyl (C=O) groups is 1. The molecule has 0 radical (unpaired) electrons. The summed E-state index contributed by atoms with van der Waals surface area (Å²) >= 11 is 6.71. The summed E-state index contributed by atoms with van der Waals surface area (Å²) in [6.45, 7) is 2.14. The fraction of sp³-hybridized carbons (Fsp3) is 0.364. The first-order valence-corrected chi connectivity index (χ1v) is 6.65. The average Bonchev–Trinajstić information content (AvgIpc) is 2.28. The quantitative estimate of drug-likeness (QED) is 0.615. The van der Waals surface area contributed by atoms with E-state index >= 15 is 0 Å². The molecule has 1 rings (SSSR count). The van der Waals surface area contributed by atoms with Gasteiger partial charge in [-0.3, -0.25) is 0 Å². The van der Waals surface area contributed by atoms with Gasteiger partial charge in [0.1, 0.15) is 5.75 Å². The van der Waals surface area contributed by atoms with Crippen LogP contribution in [0.2, 0.25) is 0 Å². The molecule has 0 spiro atoms. The molecule has 0 fully saturated rings. The Bertz CT molecular complexity index is 391. The van der Waals surface area contributed by atoms with Gasteiger partial charge in [0.15, 0.2) is 0 Å². The molecule has 5 heteroatoms. The summed E-state index contributed by atoms with van der Waals surface area (Å²) in [5.74, 6) is 0.288. The molecule has 0 heterocycles. The smallest absolute Gasteiger partial charge is 0.338 e. The number of halogens is 2. The van der Waals surface area contributed by atoms with E-state index in [-0.39, 0.29) is 5.97 Å². The van der Waals surface area contributed by atoms with Crippen molar-refractivity contribution < 1.29 is 14.3 Å². The summed E-state index contributed by atoms with van der Waals surface area (Å²) < 4.78 is 10.9. The molecule has 16 heavy (non-hydrogen) atoms. The Morgan fingerprint density at radius 3 is 2.62 bits per heavy atom. The Balaban J connectivity index is 3.19. The first-order valence-electron chi connectivity index (χ1n) is 4.73. The zero-order valence-corrected chi connectivity index (χ0v) is 12.2. The predicted molar refractivity (Wildman–Crippen MR) is 69.3 cm³/mol. The van der Waals surface area contributed by atoms with Crippen molar-refractivity contribution in [3.8, 4) is 5.75 Å². The van der Waals surface area contributed by atoms with Crippen LogP contribution in [0.3, 0.4) is 0 Å². The van der Waals surface area contributed by atoms with E-state index in [0.29, 0.717) is 23.2 Å². The van der Waals surface area contributed by atoms with Gasteiger partial charge in [0.05, 0.1) is 23.8 Å². The van der Waals surface area contributed by atoms with Crippen LogP contribution in [0, 0.1) is 0 Å². The van der Waals surface area contributed by atoms with Crippen LogP contribution in [0.4, 0.5) is 0 Å². The number of rotatable bonds is 4. The van der Waals surface area contributed by atoms with Gasteiger partial charge < -0.3 is 9.47 Å². The monoisotopic (exact) mass is 350 g/mol. The molecule has 0 aliphatic carbocycles. The lowest BCUT2D eigenvalue weighted by molar-refractivity contribution is 0.0525. The molecule has 0 atom stereocenters. The highest BCUT2D eigenvalue weighted by Crippen LogP contribution is 2.30. The first-order chi connectivity index (χ1) is 7.63. The van der Waals surface area contributed by atoms with Crippen LogP contribution in [-0.2, 0) is 10.1 Å². The molecule has 1 aromatic rings. The van der Waals surface area contributed by atoms with Gasteiger partial charge in [-0.15, -0.1) is 0 Å². The molecular formula is C11H12Br2O3. The molecule has 0 aliphatic heterocycles. The Labute approximate surface area is 111 Å². The first kappa shape index (κ1) is 13.5. The van der Waals surface area contributed by atoms with Gasteiger partial charge in [-0.05, 0) is 40.5 Å². The second kappa shape index (κ2) is 6.25. The molecule has 88 valence electrons. The van der Waals surface area contributed by atoms with E-state index in [1.54, 1.807) is 20.1 Å². The Hall–Kier alpha value is -0.550. The maximum atomic E-state index is 11.7. The number of benzene rings is 1. The molecule has 0 aliphatic rings. The number of ether oxygens (including phenoxy) is 2. The Morgan fingerprint density at radius 2 is 2.12 bits per heavy atom. The molecule has 0 aromatic heterocycles. The van der Waals surface area contributed by atoms with Gasteiger partial charge >= 0.3 is 5.97 Å². The Morgan fingerprint density at radius 1 is 1.44 bits per heavy atom. The zero-order chi connectivity index (χ0) is 12.1. The van der Waals surface area contributed by atoms with Crippen LogP contribution in [0.5, 0.6) is 5.75 Å². The van der Waals surface area contributed by atoms with Crippen molar-refractivity contribution in [1.82, 2.24) is 0 Å². The maximum absolute atomic E-state index is 11.7. The van der Waals surface area contributed by atoms with Gasteiger partial charge in [0.25, 0.3) is 0 Å². The molecule has 0 saturated heterocycles. The average molecular weight is 352 g/mol. The zero-order valence-electron chi connectivity index (χ0n) is 9.05. The highest BCUT2D eigenvalue weighted by molar-refractivity contribution is 9.10.